The third-order valence-electron chi connectivity index (χ3n) is 0.0365. The Hall–Kier alpha value is -0.380. The molecule has 0 aliphatic carbocycles. The maximum absolute atomic E-state index is 7.23. The molecule has 0 saturated heterocycles. The van der Waals surface area contributed by atoms with E-state index in [0.717, 1.165) is 0 Å². The van der Waals surface area contributed by atoms with Crippen molar-refractivity contribution in [3.63, 3.8) is 0 Å². The molecule has 0 radical (unpaired) electrons. The van der Waals surface area contributed by atoms with Crippen LogP contribution in [0.2, 0.25) is 0 Å². The van der Waals surface area contributed by atoms with Crippen LogP contribution in [0.15, 0.2) is 9.69 Å². The fraction of sp³-hybridized carbons (Fsp3) is 0. The van der Waals surface area contributed by atoms with E-state index < -0.39 is 0 Å². The van der Waals surface area contributed by atoms with Crippen LogP contribution >= 0.6 is 0 Å². The van der Waals surface area contributed by atoms with Crippen LogP contribution in [0.3, 0.4) is 0 Å². The van der Waals surface area contributed by atoms with Gasteiger partial charge < -0.3 is 5.53 Å². The van der Waals surface area contributed by atoms with Crippen molar-refractivity contribution >= 4 is 12.4 Å². The average molecular weight is 74.1 g/mol. The maximum atomic E-state index is 7.23. The van der Waals surface area contributed by atoms with Crippen molar-refractivity contribution in [1.82, 2.24) is 0 Å². The molecule has 0 aromatic carbocycles. The zero-order chi connectivity index (χ0) is 3.41. The van der Waals surface area contributed by atoms with Crippen LogP contribution in [0.25, 0.3) is 5.53 Å². The van der Waals surface area contributed by atoms with Crippen LogP contribution < -0.4 is 0 Å². The van der Waals surface area contributed by atoms with Crippen LogP contribution in [0, 0.1) is 0 Å². The van der Waals surface area contributed by atoms with Crippen LogP contribution in [0.5, 0.6) is 0 Å². The Kier molecular flexibility index (Phi) is 2.37. The fourth-order valence-electron chi connectivity index (χ4n) is 0. The summed E-state index contributed by atoms with van der Waals surface area (Å²) in [4.78, 5) is 0. The summed E-state index contributed by atoms with van der Waals surface area (Å²) in [5.41, 5.74) is 7.23. The van der Waals surface area contributed by atoms with Gasteiger partial charge in [-0.1, -0.05) is 12.4 Å². The van der Waals surface area contributed by atoms with Crippen LogP contribution in [0.1, 0.15) is 0 Å². The Labute approximate surface area is 28.7 Å². The highest BCUT2D eigenvalue weighted by Gasteiger charge is 1.10. The molecule has 0 rings (SSSR count). The lowest BCUT2D eigenvalue weighted by Crippen LogP contribution is -1.19. The van der Waals surface area contributed by atoms with Gasteiger partial charge >= 0.3 is 0 Å². The van der Waals surface area contributed by atoms with Crippen LogP contribution in [0.4, 0.5) is 0 Å². The standard InChI is InChI=1S/N3S/c1-2-3-4/q-1. The Morgan fingerprint density at radius 1 is 1.75 bits per heavy atom. The smallest absolute Gasteiger partial charge is 0.0823 e. The fourth-order valence-corrected chi connectivity index (χ4v) is 0. The number of rotatable bonds is 1. The van der Waals surface area contributed by atoms with E-state index >= 15 is 0 Å². The summed E-state index contributed by atoms with van der Waals surface area (Å²) in [6.07, 6.45) is 0. The molecule has 0 bridgehead atoms. The van der Waals surface area contributed by atoms with E-state index in [9.17, 15) is 0 Å². The topological polar surface area (TPSA) is 47.0 Å². The van der Waals surface area contributed by atoms with E-state index in [4.69, 9.17) is 5.53 Å². The summed E-state index contributed by atoms with van der Waals surface area (Å²) in [6.45, 7) is 0. The van der Waals surface area contributed by atoms with Gasteiger partial charge in [-0.05, 0) is 0 Å². The summed E-state index contributed by atoms with van der Waals surface area (Å²) in [6, 6.07) is 0. The molecule has 4 heteroatoms. The molecule has 0 spiro atoms. The largest absolute Gasteiger partial charge is 0.361 e. The van der Waals surface area contributed by atoms with E-state index in [1.807, 2.05) is 0 Å². The molecule has 0 amide bonds. The molecule has 0 aliphatic rings. The molecule has 0 fully saturated rings. The molecule has 4 heavy (non-hydrogen) atoms. The lowest BCUT2D eigenvalue weighted by molar-refractivity contribution is 1.26. The Bertz CT molecular complexity index is 24.3. The lowest BCUT2D eigenvalue weighted by Gasteiger charge is -1.64. The predicted octanol–water partition coefficient (Wildman–Crippen LogP) is 0.654. The van der Waals surface area contributed by atoms with Gasteiger partial charge in [-0.3, -0.25) is 9.69 Å². The minimum Gasteiger partial charge on any atom is -0.361 e. The molecule has 22 valence electrons. The molecule has 0 N–H and O–H groups in total. The van der Waals surface area contributed by atoms with Gasteiger partial charge in [-0.2, -0.15) is 0 Å². The van der Waals surface area contributed by atoms with E-state index in [1.54, 1.807) is 0 Å². The predicted molar refractivity (Wildman–Crippen MR) is 15.6 cm³/mol. The summed E-state index contributed by atoms with van der Waals surface area (Å²) < 4.78 is 2.50. The zero-order valence-corrected chi connectivity index (χ0v) is 2.57. The van der Waals surface area contributed by atoms with Gasteiger partial charge in [0.15, 0.2) is 0 Å². The number of nitrogens with zero attached hydrogens (tertiary/aromatic N) is 3. The van der Waals surface area contributed by atoms with Gasteiger partial charge in [-0.15, -0.1) is 0 Å². The first-order chi connectivity index (χ1) is 1.91. The van der Waals surface area contributed by atoms with Crippen molar-refractivity contribution in [2.75, 3.05) is 0 Å². The van der Waals surface area contributed by atoms with E-state index in [-0.39, 0.29) is 0 Å². The second-order valence-electron chi connectivity index (χ2n) is 0.171. The Balaban J connectivity index is 2.73. The molecule has 0 unspecified atom stereocenters. The van der Waals surface area contributed by atoms with Gasteiger partial charge in [0, 0.05) is 0 Å². The molecule has 0 aromatic rings. The minimum atomic E-state index is 2.18. The maximum Gasteiger partial charge on any atom is -0.0823 e. The van der Waals surface area contributed by atoms with Crippen LogP contribution in [-0.4, -0.2) is 0 Å². The highest BCUT2D eigenvalue weighted by molar-refractivity contribution is 7.47. The van der Waals surface area contributed by atoms with Crippen molar-refractivity contribution in [2.24, 2.45) is 9.69 Å². The SMILES string of the molecule is [N-]=NN=S. The first-order valence-electron chi connectivity index (χ1n) is 0.583. The summed E-state index contributed by atoms with van der Waals surface area (Å²) in [7, 11) is 0. The van der Waals surface area contributed by atoms with Crippen molar-refractivity contribution < 1.29 is 0 Å². The Morgan fingerprint density at radius 3 is 2.00 bits per heavy atom. The van der Waals surface area contributed by atoms with Gasteiger partial charge in [0.25, 0.3) is 0 Å². The highest BCUT2D eigenvalue weighted by atomic mass is 32.1. The lowest BCUT2D eigenvalue weighted by atomic mass is 12.8. The molecular weight excluding hydrogens is 74.1 g/mol. The summed E-state index contributed by atoms with van der Waals surface area (Å²) in [5.74, 6) is 0. The molecule has 0 heterocycles. The average Bonchev–Trinajstić information content (AvgIpc) is 1.37. The van der Waals surface area contributed by atoms with Gasteiger partial charge in [0.2, 0.25) is 0 Å². The molecular formula is N3S-. The normalized spacial score (nSPS) is 5.00. The van der Waals surface area contributed by atoms with Gasteiger partial charge in [0.05, 0.1) is 0 Å². The molecule has 0 saturated carbocycles. The molecule has 3 nitrogen and oxygen atoms in total. The molecule has 0 aliphatic heterocycles. The van der Waals surface area contributed by atoms with Crippen molar-refractivity contribution in [3.05, 3.63) is 5.53 Å². The van der Waals surface area contributed by atoms with Crippen molar-refractivity contribution in [2.45, 2.75) is 0 Å². The van der Waals surface area contributed by atoms with E-state index in [2.05, 4.69) is 22.1 Å². The van der Waals surface area contributed by atoms with E-state index in [0.29, 0.717) is 0 Å². The zero-order valence-electron chi connectivity index (χ0n) is 1.75. The first-order valence-corrected chi connectivity index (χ1v) is 0.948. The monoisotopic (exact) mass is 74.0 g/mol. The van der Waals surface area contributed by atoms with Gasteiger partial charge in [-0.25, -0.2) is 0 Å². The quantitative estimate of drug-likeness (QED) is 0.333. The van der Waals surface area contributed by atoms with Crippen LogP contribution in [-0.2, 0) is 12.4 Å². The number of hydrogen-bond donors (Lipinski definition) is 0. The van der Waals surface area contributed by atoms with Crippen molar-refractivity contribution in [3.8, 4) is 0 Å². The second-order valence-corrected chi connectivity index (χ2v) is 0.334. The minimum absolute atomic E-state index is 2.18. The van der Waals surface area contributed by atoms with Gasteiger partial charge in [0.1, 0.15) is 0 Å². The number of hydrogen-bond acceptors (Lipinski definition) is 1. The molecule has 0 aromatic heterocycles. The third kappa shape index (κ3) is 1.62. The highest BCUT2D eigenvalue weighted by Crippen LogP contribution is 1.55. The molecule has 0 atom stereocenters. The second kappa shape index (κ2) is 2.62. The van der Waals surface area contributed by atoms with Crippen molar-refractivity contribution in [1.29, 1.82) is 0 Å². The summed E-state index contributed by atoms with van der Waals surface area (Å²) in [5, 5.41) is 2.18. The van der Waals surface area contributed by atoms with E-state index in [1.165, 1.54) is 0 Å². The third-order valence-corrected chi connectivity index (χ3v) is 0.110. The first kappa shape index (κ1) is 3.62. The summed E-state index contributed by atoms with van der Waals surface area (Å²) >= 11 is 3.76. The Morgan fingerprint density at radius 2 is 2.00 bits per heavy atom.